The fourth-order valence-corrected chi connectivity index (χ4v) is 4.48. The molecule has 1 saturated heterocycles. The van der Waals surface area contributed by atoms with Gasteiger partial charge >= 0.3 is 0 Å². The highest BCUT2D eigenvalue weighted by Crippen LogP contribution is 2.30. The van der Waals surface area contributed by atoms with Crippen LogP contribution in [0.25, 0.3) is 10.9 Å². The maximum Gasteiger partial charge on any atom is 0.293 e. The molecule has 0 radical (unpaired) electrons. The van der Waals surface area contributed by atoms with Gasteiger partial charge in [0.2, 0.25) is 0 Å². The molecule has 0 atom stereocenters. The van der Waals surface area contributed by atoms with Crippen LogP contribution in [0.1, 0.15) is 11.1 Å². The number of carbonyl (C=O) groups is 1. The normalized spacial score (nSPS) is 13.9. The van der Waals surface area contributed by atoms with Crippen molar-refractivity contribution in [2.75, 3.05) is 51.2 Å². The largest absolute Gasteiger partial charge is 0.467 e. The van der Waals surface area contributed by atoms with Gasteiger partial charge in [-0.25, -0.2) is 9.97 Å². The zero-order chi connectivity index (χ0) is 26.9. The highest BCUT2D eigenvalue weighted by Gasteiger charge is 2.15. The molecule has 3 aromatic carbocycles. The summed E-state index contributed by atoms with van der Waals surface area (Å²) in [6.07, 6.45) is 1.57. The Morgan fingerprint density at radius 3 is 2.59 bits per heavy atom. The van der Waals surface area contributed by atoms with Crippen molar-refractivity contribution in [1.29, 1.82) is 0 Å². The first kappa shape index (κ1) is 26.2. The molecule has 2 heterocycles. The predicted octanol–water partition coefficient (Wildman–Crippen LogP) is 4.62. The number of carbonyl (C=O) groups excluding carboxylic acids is 1. The van der Waals surface area contributed by atoms with Crippen LogP contribution in [-0.2, 0) is 9.53 Å². The topological polar surface area (TPSA) is 79.8 Å². The lowest BCUT2D eigenvalue weighted by Crippen LogP contribution is -2.47. The second-order valence-corrected chi connectivity index (χ2v) is 9.36. The van der Waals surface area contributed by atoms with E-state index in [4.69, 9.17) is 9.47 Å². The van der Waals surface area contributed by atoms with Crippen molar-refractivity contribution in [3.8, 4) is 23.3 Å². The van der Waals surface area contributed by atoms with Crippen LogP contribution >= 0.6 is 0 Å². The molecule has 8 heteroatoms. The number of nitrogens with zero attached hydrogens (tertiary/aromatic N) is 4. The van der Waals surface area contributed by atoms with Crippen LogP contribution < -0.4 is 10.1 Å². The predicted molar refractivity (Wildman–Crippen MR) is 152 cm³/mol. The molecule has 0 amide bonds. The molecule has 1 fully saturated rings. The van der Waals surface area contributed by atoms with Crippen LogP contribution in [0.2, 0.25) is 0 Å². The summed E-state index contributed by atoms with van der Waals surface area (Å²) < 4.78 is 10.8. The second kappa shape index (κ2) is 12.9. The summed E-state index contributed by atoms with van der Waals surface area (Å²) in [5.41, 5.74) is 3.71. The van der Waals surface area contributed by atoms with E-state index in [0.29, 0.717) is 19.6 Å². The number of para-hydroxylation sites is 1. The average molecular weight is 522 g/mol. The Bertz CT molecular complexity index is 1470. The summed E-state index contributed by atoms with van der Waals surface area (Å²) in [4.78, 5) is 23.9. The van der Waals surface area contributed by atoms with Crippen LogP contribution in [0.4, 0.5) is 11.5 Å². The third kappa shape index (κ3) is 7.11. The van der Waals surface area contributed by atoms with Crippen molar-refractivity contribution in [3.63, 3.8) is 0 Å². The number of hydrogen-bond acceptors (Lipinski definition) is 8. The number of fused-ring (bicyclic) bond motifs is 1. The zero-order valence-corrected chi connectivity index (χ0v) is 22.0. The average Bonchev–Trinajstić information content (AvgIpc) is 2.96. The molecule has 39 heavy (non-hydrogen) atoms. The lowest BCUT2D eigenvalue weighted by molar-refractivity contribution is -0.129. The first-order chi connectivity index (χ1) is 19.2. The minimum absolute atomic E-state index is 0.444. The van der Waals surface area contributed by atoms with Crippen LogP contribution in [0.15, 0.2) is 73.1 Å². The van der Waals surface area contributed by atoms with Gasteiger partial charge in [-0.15, -0.1) is 0 Å². The van der Waals surface area contributed by atoms with Gasteiger partial charge in [0.25, 0.3) is 6.47 Å². The maximum atomic E-state index is 10.3. The Labute approximate surface area is 228 Å². The Hall–Kier alpha value is -4.45. The van der Waals surface area contributed by atoms with Gasteiger partial charge in [-0.05, 0) is 61.0 Å². The number of nitrogens with one attached hydrogen (secondary N) is 1. The van der Waals surface area contributed by atoms with E-state index < -0.39 is 0 Å². The highest BCUT2D eigenvalue weighted by atomic mass is 16.5. The Morgan fingerprint density at radius 2 is 1.79 bits per heavy atom. The summed E-state index contributed by atoms with van der Waals surface area (Å²) in [6, 6.07) is 21.8. The molecule has 0 spiro atoms. The monoisotopic (exact) mass is 521 g/mol. The molecule has 4 aromatic rings. The van der Waals surface area contributed by atoms with Gasteiger partial charge in [-0.3, -0.25) is 14.6 Å². The van der Waals surface area contributed by atoms with E-state index in [1.807, 2.05) is 73.7 Å². The van der Waals surface area contributed by atoms with Gasteiger partial charge < -0.3 is 14.8 Å². The zero-order valence-electron chi connectivity index (χ0n) is 22.0. The fourth-order valence-electron chi connectivity index (χ4n) is 4.48. The molecule has 0 bridgehead atoms. The smallest absolute Gasteiger partial charge is 0.293 e. The Kier molecular flexibility index (Phi) is 8.64. The lowest BCUT2D eigenvalue weighted by Gasteiger charge is -2.33. The van der Waals surface area contributed by atoms with E-state index in [0.717, 1.165) is 77.8 Å². The SMILES string of the molecule is Cc1cc(Nc2ncnc3ccc(C#CCN4CCN(CCOC=O)CC4)cc23)ccc1Oc1ccccc1. The van der Waals surface area contributed by atoms with Crippen molar-refractivity contribution in [3.05, 3.63) is 84.2 Å². The van der Waals surface area contributed by atoms with E-state index in [1.165, 1.54) is 0 Å². The maximum absolute atomic E-state index is 10.3. The number of hydrogen-bond donors (Lipinski definition) is 1. The van der Waals surface area contributed by atoms with Gasteiger partial charge in [-0.2, -0.15) is 0 Å². The Balaban J connectivity index is 1.23. The van der Waals surface area contributed by atoms with Gasteiger partial charge in [0, 0.05) is 49.4 Å². The van der Waals surface area contributed by atoms with Crippen LogP contribution in [0.5, 0.6) is 11.5 Å². The summed E-state index contributed by atoms with van der Waals surface area (Å²) in [5, 5.41) is 4.35. The molecule has 5 rings (SSSR count). The molecular weight excluding hydrogens is 490 g/mol. The molecule has 8 nitrogen and oxygen atoms in total. The minimum Gasteiger partial charge on any atom is -0.467 e. The van der Waals surface area contributed by atoms with Crippen LogP contribution in [0, 0.1) is 18.8 Å². The van der Waals surface area contributed by atoms with E-state index in [9.17, 15) is 4.79 Å². The quantitative estimate of drug-likeness (QED) is 0.194. The first-order valence-corrected chi connectivity index (χ1v) is 13.0. The summed E-state index contributed by atoms with van der Waals surface area (Å²) in [6.45, 7) is 8.26. The van der Waals surface area contributed by atoms with E-state index in [1.54, 1.807) is 6.33 Å². The molecular formula is C31H31N5O3. The van der Waals surface area contributed by atoms with Crippen molar-refractivity contribution in [2.24, 2.45) is 0 Å². The lowest BCUT2D eigenvalue weighted by atomic mass is 10.1. The Morgan fingerprint density at radius 1 is 0.974 bits per heavy atom. The molecule has 1 aliphatic heterocycles. The number of benzene rings is 3. The summed E-state index contributed by atoms with van der Waals surface area (Å²) >= 11 is 0. The van der Waals surface area contributed by atoms with Crippen molar-refractivity contribution in [2.45, 2.75) is 6.92 Å². The standard InChI is InChI=1S/C31H31N5O3/c1-24-20-26(10-12-30(24)39-27-7-3-2-4-8-27)34-31-28-21-25(9-11-29(28)32-22-33-31)6-5-13-35-14-16-36(17-15-35)18-19-38-23-37/h2-4,7-12,20-23H,13-19H2,1H3,(H,32,33,34). The molecule has 0 unspecified atom stereocenters. The van der Waals surface area contributed by atoms with Crippen LogP contribution in [0.3, 0.4) is 0 Å². The van der Waals surface area contributed by atoms with Crippen molar-refractivity contribution in [1.82, 2.24) is 19.8 Å². The van der Waals surface area contributed by atoms with Gasteiger partial charge in [0.1, 0.15) is 30.3 Å². The number of ether oxygens (including phenoxy) is 2. The van der Waals surface area contributed by atoms with E-state index in [-0.39, 0.29) is 0 Å². The molecule has 1 aliphatic rings. The van der Waals surface area contributed by atoms with E-state index >= 15 is 0 Å². The number of aryl methyl sites for hydroxylation is 1. The summed E-state index contributed by atoms with van der Waals surface area (Å²) in [5.74, 6) is 8.97. The van der Waals surface area contributed by atoms with Gasteiger partial charge in [0.15, 0.2) is 0 Å². The molecule has 0 saturated carbocycles. The molecule has 1 aromatic heterocycles. The van der Waals surface area contributed by atoms with Gasteiger partial charge in [0.05, 0.1) is 12.1 Å². The fraction of sp³-hybridized carbons (Fsp3) is 0.258. The number of rotatable bonds is 9. The molecule has 198 valence electrons. The van der Waals surface area contributed by atoms with E-state index in [2.05, 4.69) is 36.9 Å². The van der Waals surface area contributed by atoms with Crippen molar-refractivity contribution < 1.29 is 14.3 Å². The minimum atomic E-state index is 0.444. The number of anilines is 2. The highest BCUT2D eigenvalue weighted by molar-refractivity contribution is 5.91. The first-order valence-electron chi connectivity index (χ1n) is 13.0. The molecule has 0 aliphatic carbocycles. The second-order valence-electron chi connectivity index (χ2n) is 9.36. The van der Waals surface area contributed by atoms with Crippen LogP contribution in [-0.4, -0.2) is 72.1 Å². The number of aromatic nitrogens is 2. The number of piperazine rings is 1. The van der Waals surface area contributed by atoms with Gasteiger partial charge in [-0.1, -0.05) is 30.0 Å². The third-order valence-corrected chi connectivity index (χ3v) is 6.64. The molecule has 1 N–H and O–H groups in total. The third-order valence-electron chi connectivity index (χ3n) is 6.64. The van der Waals surface area contributed by atoms with Crippen molar-refractivity contribution >= 4 is 28.9 Å². The summed E-state index contributed by atoms with van der Waals surface area (Å²) in [7, 11) is 0.